The van der Waals surface area contributed by atoms with Crippen LogP contribution in [0.1, 0.15) is 19.4 Å². The van der Waals surface area contributed by atoms with Crippen LogP contribution in [0.5, 0.6) is 0 Å². The molecule has 0 radical (unpaired) electrons. The molecule has 0 unspecified atom stereocenters. The Morgan fingerprint density at radius 3 is 2.73 bits per heavy atom. The average molecular weight is 272 g/mol. The van der Waals surface area contributed by atoms with Gasteiger partial charge in [-0.2, -0.15) is 0 Å². The third kappa shape index (κ3) is 1.67. The lowest BCUT2D eigenvalue weighted by Crippen LogP contribution is -2.33. The van der Waals surface area contributed by atoms with Crippen LogP contribution in [-0.2, 0) is 11.2 Å². The van der Waals surface area contributed by atoms with Gasteiger partial charge in [0.1, 0.15) is 5.82 Å². The number of halogens is 2. The van der Waals surface area contributed by atoms with E-state index in [0.717, 1.165) is 5.56 Å². The van der Waals surface area contributed by atoms with Crippen LogP contribution in [0.25, 0.3) is 0 Å². The zero-order valence-electron chi connectivity index (χ0n) is 8.55. The molecule has 1 aliphatic heterocycles. The monoisotopic (exact) mass is 271 g/mol. The van der Waals surface area contributed by atoms with Gasteiger partial charge in [-0.05, 0) is 31.5 Å². The smallest absolute Gasteiger partial charge is 0.231 e. The number of carbonyl (C=O) groups excluding carboxylic acids is 1. The highest BCUT2D eigenvalue weighted by atomic mass is 79.9. The van der Waals surface area contributed by atoms with Gasteiger partial charge in [0.05, 0.1) is 12.1 Å². The number of fused-ring (bicyclic) bond motifs is 1. The second-order valence-electron chi connectivity index (χ2n) is 3.92. The topological polar surface area (TPSA) is 20.3 Å². The van der Waals surface area contributed by atoms with Gasteiger partial charge in [-0.15, -0.1) is 0 Å². The van der Waals surface area contributed by atoms with Crippen molar-refractivity contribution in [3.8, 4) is 0 Å². The molecular formula is C11H11BrFNO. The molecule has 0 N–H and O–H groups in total. The molecule has 0 spiro atoms. The summed E-state index contributed by atoms with van der Waals surface area (Å²) in [6.07, 6.45) is 0.356. The number of amides is 1. The summed E-state index contributed by atoms with van der Waals surface area (Å²) in [7, 11) is 0. The first kappa shape index (κ1) is 10.6. The Morgan fingerprint density at radius 2 is 2.13 bits per heavy atom. The van der Waals surface area contributed by atoms with Crippen LogP contribution >= 0.6 is 15.9 Å². The highest BCUT2D eigenvalue weighted by molar-refractivity contribution is 9.10. The van der Waals surface area contributed by atoms with Gasteiger partial charge >= 0.3 is 0 Å². The zero-order chi connectivity index (χ0) is 11.2. The van der Waals surface area contributed by atoms with E-state index in [9.17, 15) is 9.18 Å². The van der Waals surface area contributed by atoms with Crippen molar-refractivity contribution in [2.45, 2.75) is 26.3 Å². The minimum atomic E-state index is -0.319. The van der Waals surface area contributed by atoms with Gasteiger partial charge in [-0.25, -0.2) is 4.39 Å². The van der Waals surface area contributed by atoms with Crippen LogP contribution in [0.2, 0.25) is 0 Å². The second kappa shape index (κ2) is 3.59. The normalized spacial score (nSPS) is 15.0. The Labute approximate surface area is 96.2 Å². The van der Waals surface area contributed by atoms with Crippen molar-refractivity contribution in [2.75, 3.05) is 4.90 Å². The molecule has 1 amide bonds. The molecule has 0 aromatic heterocycles. The van der Waals surface area contributed by atoms with E-state index in [2.05, 4.69) is 15.9 Å². The summed E-state index contributed by atoms with van der Waals surface area (Å²) >= 11 is 3.28. The van der Waals surface area contributed by atoms with Crippen molar-refractivity contribution in [1.29, 1.82) is 0 Å². The Bertz CT molecular complexity index is 431. The first-order valence-electron chi connectivity index (χ1n) is 4.80. The average Bonchev–Trinajstić information content (AvgIpc) is 2.41. The summed E-state index contributed by atoms with van der Waals surface area (Å²) in [5.41, 5.74) is 1.58. The molecule has 0 saturated carbocycles. The van der Waals surface area contributed by atoms with Gasteiger partial charge in [-0.3, -0.25) is 4.79 Å². The molecule has 2 nitrogen and oxygen atoms in total. The lowest BCUT2D eigenvalue weighted by atomic mass is 10.1. The first-order valence-corrected chi connectivity index (χ1v) is 5.60. The van der Waals surface area contributed by atoms with Gasteiger partial charge in [-0.1, -0.05) is 15.9 Å². The van der Waals surface area contributed by atoms with Crippen molar-refractivity contribution < 1.29 is 9.18 Å². The van der Waals surface area contributed by atoms with E-state index in [-0.39, 0.29) is 17.8 Å². The highest BCUT2D eigenvalue weighted by Gasteiger charge is 2.31. The molecule has 1 aliphatic rings. The largest absolute Gasteiger partial charge is 0.309 e. The third-order valence-electron chi connectivity index (χ3n) is 2.51. The van der Waals surface area contributed by atoms with E-state index in [1.165, 1.54) is 12.1 Å². The van der Waals surface area contributed by atoms with Crippen LogP contribution in [0.15, 0.2) is 16.6 Å². The number of anilines is 1. The van der Waals surface area contributed by atoms with Crippen LogP contribution in [-0.4, -0.2) is 11.9 Å². The number of benzene rings is 1. The first-order chi connectivity index (χ1) is 7.00. The molecule has 0 saturated heterocycles. The van der Waals surface area contributed by atoms with E-state index in [1.807, 2.05) is 13.8 Å². The minimum Gasteiger partial charge on any atom is -0.309 e. The van der Waals surface area contributed by atoms with E-state index >= 15 is 0 Å². The quantitative estimate of drug-likeness (QED) is 0.769. The number of nitrogens with zero attached hydrogens (tertiary/aromatic N) is 1. The van der Waals surface area contributed by atoms with Gasteiger partial charge in [0.25, 0.3) is 0 Å². The lowest BCUT2D eigenvalue weighted by molar-refractivity contribution is -0.117. The molecular weight excluding hydrogens is 261 g/mol. The van der Waals surface area contributed by atoms with Gasteiger partial charge in [0.2, 0.25) is 5.91 Å². The fraction of sp³-hybridized carbons (Fsp3) is 0.364. The molecule has 0 fully saturated rings. The lowest BCUT2D eigenvalue weighted by Gasteiger charge is -2.21. The summed E-state index contributed by atoms with van der Waals surface area (Å²) in [4.78, 5) is 13.4. The van der Waals surface area contributed by atoms with Crippen molar-refractivity contribution in [3.05, 3.63) is 28.0 Å². The molecule has 0 aliphatic carbocycles. The van der Waals surface area contributed by atoms with Gasteiger partial charge in [0.15, 0.2) is 0 Å². The van der Waals surface area contributed by atoms with Crippen LogP contribution < -0.4 is 4.90 Å². The number of carbonyl (C=O) groups is 1. The molecule has 0 atom stereocenters. The maximum absolute atomic E-state index is 13.2. The fourth-order valence-corrected chi connectivity index (χ4v) is 2.48. The van der Waals surface area contributed by atoms with E-state index in [1.54, 1.807) is 4.90 Å². The van der Waals surface area contributed by atoms with E-state index in [0.29, 0.717) is 16.6 Å². The fourth-order valence-electron chi connectivity index (χ4n) is 1.92. The summed E-state index contributed by atoms with van der Waals surface area (Å²) in [5.74, 6) is -0.285. The van der Waals surface area contributed by atoms with Gasteiger partial charge in [0, 0.05) is 10.5 Å². The standard InChI is InChI=1S/C11H11BrFNO/c1-6(2)14-10-4-7(13)3-9(12)8(10)5-11(14)15/h3-4,6H,5H2,1-2H3. The molecule has 80 valence electrons. The Balaban J connectivity index is 2.58. The Hall–Kier alpha value is -0.900. The number of hydrogen-bond acceptors (Lipinski definition) is 1. The maximum Gasteiger partial charge on any atom is 0.231 e. The van der Waals surface area contributed by atoms with Crippen molar-refractivity contribution >= 4 is 27.5 Å². The Morgan fingerprint density at radius 1 is 1.47 bits per heavy atom. The number of hydrogen-bond donors (Lipinski definition) is 0. The number of rotatable bonds is 1. The Kier molecular flexibility index (Phi) is 2.54. The molecule has 1 aromatic carbocycles. The van der Waals surface area contributed by atoms with Crippen LogP contribution in [0, 0.1) is 5.82 Å². The van der Waals surface area contributed by atoms with Crippen LogP contribution in [0.3, 0.4) is 0 Å². The summed E-state index contributed by atoms with van der Waals surface area (Å²) in [6, 6.07) is 2.88. The van der Waals surface area contributed by atoms with Crippen molar-refractivity contribution in [3.63, 3.8) is 0 Å². The minimum absolute atomic E-state index is 0.0336. The van der Waals surface area contributed by atoms with Crippen molar-refractivity contribution in [1.82, 2.24) is 0 Å². The predicted octanol–water partition coefficient (Wildman–Crippen LogP) is 2.89. The molecule has 0 bridgehead atoms. The third-order valence-corrected chi connectivity index (χ3v) is 3.22. The van der Waals surface area contributed by atoms with Crippen molar-refractivity contribution in [2.24, 2.45) is 0 Å². The molecule has 4 heteroatoms. The van der Waals surface area contributed by atoms with Gasteiger partial charge < -0.3 is 4.90 Å². The molecule has 15 heavy (non-hydrogen) atoms. The van der Waals surface area contributed by atoms with E-state index < -0.39 is 0 Å². The van der Waals surface area contributed by atoms with Crippen LogP contribution in [0.4, 0.5) is 10.1 Å². The highest BCUT2D eigenvalue weighted by Crippen LogP contribution is 2.36. The van der Waals surface area contributed by atoms with E-state index in [4.69, 9.17) is 0 Å². The summed E-state index contributed by atoms with van der Waals surface area (Å²) in [6.45, 7) is 3.84. The predicted molar refractivity (Wildman–Crippen MR) is 60.4 cm³/mol. The SMILES string of the molecule is CC(C)N1C(=O)Cc2c(Br)cc(F)cc21. The molecule has 1 aromatic rings. The summed E-state index contributed by atoms with van der Waals surface area (Å²) in [5, 5.41) is 0. The second-order valence-corrected chi connectivity index (χ2v) is 4.77. The maximum atomic E-state index is 13.2. The summed E-state index contributed by atoms with van der Waals surface area (Å²) < 4.78 is 13.9. The zero-order valence-corrected chi connectivity index (χ0v) is 10.1. The molecule has 1 heterocycles. The molecule has 2 rings (SSSR count).